The lowest BCUT2D eigenvalue weighted by Crippen LogP contribution is -2.07. The summed E-state index contributed by atoms with van der Waals surface area (Å²) in [6.07, 6.45) is -4.02. The number of H-pyrrole nitrogens is 1. The summed E-state index contributed by atoms with van der Waals surface area (Å²) in [6, 6.07) is 0. The Hall–Kier alpha value is -1.07. The van der Waals surface area contributed by atoms with E-state index >= 15 is 0 Å². The van der Waals surface area contributed by atoms with Crippen LogP contribution >= 0.6 is 0 Å². The summed E-state index contributed by atoms with van der Waals surface area (Å²) in [5.41, 5.74) is 0. The highest BCUT2D eigenvalue weighted by Crippen LogP contribution is 2.25. The first-order valence-electron chi connectivity index (χ1n) is 4.02. The third-order valence-electron chi connectivity index (χ3n) is 1.12. The van der Waals surface area contributed by atoms with Crippen LogP contribution in [0.2, 0.25) is 0 Å². The normalized spacial score (nSPS) is 10.6. The number of nitrogens with zero attached hydrogens (tertiary/aromatic N) is 2. The molecule has 0 aromatic carbocycles. The van der Waals surface area contributed by atoms with E-state index in [0.717, 1.165) is 0 Å². The van der Waals surface area contributed by atoms with Crippen LogP contribution in [0.1, 0.15) is 32.4 Å². The highest BCUT2D eigenvalue weighted by atomic mass is 19.4. The minimum atomic E-state index is -4.44. The predicted octanol–water partition coefficient (Wildman–Crippen LogP) is 2.41. The zero-order valence-corrected chi connectivity index (χ0v) is 7.74. The molecule has 0 aliphatic carbocycles. The Kier molecular flexibility index (Phi) is 4.44. The van der Waals surface area contributed by atoms with Crippen molar-refractivity contribution in [3.05, 3.63) is 11.6 Å². The summed E-state index contributed by atoms with van der Waals surface area (Å²) in [6.45, 7) is 5.70. The van der Waals surface area contributed by atoms with Crippen molar-refractivity contribution in [3.63, 3.8) is 0 Å². The minimum Gasteiger partial charge on any atom is -0.263 e. The number of halogens is 3. The van der Waals surface area contributed by atoms with Crippen LogP contribution in [0.5, 0.6) is 0 Å². The zero-order chi connectivity index (χ0) is 10.5. The van der Waals surface area contributed by atoms with E-state index in [1.165, 1.54) is 0 Å². The summed E-state index contributed by atoms with van der Waals surface area (Å²) in [7, 11) is 0. The molecule has 3 nitrogen and oxygen atoms in total. The third-order valence-corrected chi connectivity index (χ3v) is 1.12. The molecule has 0 saturated carbocycles. The first-order valence-corrected chi connectivity index (χ1v) is 4.02. The first kappa shape index (κ1) is 11.9. The molecule has 0 unspecified atom stereocenters. The number of alkyl halides is 3. The summed E-state index contributed by atoms with van der Waals surface area (Å²) in [5, 5.41) is 5.18. The lowest BCUT2D eigenvalue weighted by molar-refractivity contribution is -0.144. The van der Waals surface area contributed by atoms with Gasteiger partial charge in [0.2, 0.25) is 0 Å². The van der Waals surface area contributed by atoms with Crippen LogP contribution in [-0.2, 0) is 12.6 Å². The molecule has 6 heteroatoms. The quantitative estimate of drug-likeness (QED) is 0.747. The molecule has 13 heavy (non-hydrogen) atoms. The predicted molar refractivity (Wildman–Crippen MR) is 42.1 cm³/mol. The topological polar surface area (TPSA) is 41.6 Å². The molecule has 0 atom stereocenters. The van der Waals surface area contributed by atoms with E-state index < -0.39 is 12.0 Å². The van der Waals surface area contributed by atoms with Gasteiger partial charge >= 0.3 is 6.18 Å². The molecule has 76 valence electrons. The molecule has 1 rings (SSSR count). The Morgan fingerprint density at radius 1 is 1.31 bits per heavy atom. The van der Waals surface area contributed by atoms with Gasteiger partial charge in [-0.2, -0.15) is 13.2 Å². The average Bonchev–Trinajstić information content (AvgIpc) is 2.54. The second-order valence-corrected chi connectivity index (χ2v) is 1.96. The Morgan fingerprint density at radius 3 is 2.08 bits per heavy atom. The third kappa shape index (κ3) is 3.43. The summed E-state index contributed by atoms with van der Waals surface area (Å²) >= 11 is 0. The van der Waals surface area contributed by atoms with Gasteiger partial charge in [-0.3, -0.25) is 5.10 Å². The second kappa shape index (κ2) is 4.84. The molecule has 0 aliphatic heterocycles. The van der Waals surface area contributed by atoms with Crippen molar-refractivity contribution >= 4 is 0 Å². The van der Waals surface area contributed by atoms with Gasteiger partial charge in [0.25, 0.3) is 5.82 Å². The molecule has 0 saturated heterocycles. The fraction of sp³-hybridized carbons (Fsp3) is 0.714. The maximum absolute atomic E-state index is 11.8. The lowest BCUT2D eigenvalue weighted by atomic mass is 10.5. The molecule has 0 aliphatic rings. The van der Waals surface area contributed by atoms with Crippen LogP contribution in [0, 0.1) is 0 Å². The Labute approximate surface area is 74.4 Å². The fourth-order valence-corrected chi connectivity index (χ4v) is 0.580. The molecule has 0 amide bonds. The van der Waals surface area contributed by atoms with Crippen molar-refractivity contribution in [2.75, 3.05) is 0 Å². The maximum Gasteiger partial charge on any atom is 0.453 e. The van der Waals surface area contributed by atoms with Crippen LogP contribution in [0.3, 0.4) is 0 Å². The molecule has 0 fully saturated rings. The van der Waals surface area contributed by atoms with Crippen LogP contribution in [0.15, 0.2) is 0 Å². The number of rotatable bonds is 1. The van der Waals surface area contributed by atoms with Gasteiger partial charge in [0.05, 0.1) is 0 Å². The van der Waals surface area contributed by atoms with Gasteiger partial charge in [-0.05, 0) is 0 Å². The van der Waals surface area contributed by atoms with Crippen molar-refractivity contribution < 1.29 is 13.2 Å². The van der Waals surface area contributed by atoms with Crippen LogP contribution < -0.4 is 0 Å². The van der Waals surface area contributed by atoms with E-state index in [1.807, 2.05) is 13.8 Å². The number of aryl methyl sites for hydroxylation is 1. The van der Waals surface area contributed by atoms with E-state index in [-0.39, 0.29) is 5.82 Å². The molecule has 0 spiro atoms. The first-order chi connectivity index (χ1) is 6.04. The number of hydrogen-bond acceptors (Lipinski definition) is 2. The van der Waals surface area contributed by atoms with Gasteiger partial charge in [-0.25, -0.2) is 4.98 Å². The van der Waals surface area contributed by atoms with Crippen molar-refractivity contribution in [2.45, 2.75) is 33.4 Å². The van der Waals surface area contributed by atoms with E-state index in [9.17, 15) is 13.2 Å². The molecular formula is C7H12F3N3. The highest BCUT2D eigenvalue weighted by Gasteiger charge is 2.35. The molecule has 1 heterocycles. The second-order valence-electron chi connectivity index (χ2n) is 1.96. The largest absolute Gasteiger partial charge is 0.453 e. The molecular weight excluding hydrogens is 183 g/mol. The number of nitrogens with one attached hydrogen (secondary N) is 1. The average molecular weight is 195 g/mol. The summed E-state index contributed by atoms with van der Waals surface area (Å²) < 4.78 is 35.4. The van der Waals surface area contributed by atoms with Crippen molar-refractivity contribution in [2.24, 2.45) is 0 Å². The van der Waals surface area contributed by atoms with E-state index in [2.05, 4.69) is 15.2 Å². The van der Waals surface area contributed by atoms with Gasteiger partial charge in [0, 0.05) is 6.42 Å². The number of aromatic nitrogens is 3. The molecule has 1 N–H and O–H groups in total. The SMILES string of the molecule is CC.CCc1nc(C(F)(F)F)n[nH]1. The monoisotopic (exact) mass is 195 g/mol. The van der Waals surface area contributed by atoms with Crippen LogP contribution in [0.4, 0.5) is 13.2 Å². The fourth-order valence-electron chi connectivity index (χ4n) is 0.580. The van der Waals surface area contributed by atoms with E-state index in [0.29, 0.717) is 6.42 Å². The van der Waals surface area contributed by atoms with Gasteiger partial charge in [-0.15, -0.1) is 5.10 Å². The molecule has 1 aromatic heterocycles. The standard InChI is InChI=1S/C5H6F3N3.C2H6/c1-2-3-9-4(11-10-3)5(6,7)8;1-2/h2H2,1H3,(H,9,10,11);1-2H3. The molecule has 1 aromatic rings. The van der Waals surface area contributed by atoms with Gasteiger partial charge in [0.1, 0.15) is 5.82 Å². The van der Waals surface area contributed by atoms with Gasteiger partial charge < -0.3 is 0 Å². The minimum absolute atomic E-state index is 0.248. The Bertz CT molecular complexity index is 241. The number of hydrogen-bond donors (Lipinski definition) is 1. The molecule has 0 radical (unpaired) electrons. The van der Waals surface area contributed by atoms with Crippen LogP contribution in [0.25, 0.3) is 0 Å². The van der Waals surface area contributed by atoms with Crippen molar-refractivity contribution in [1.82, 2.24) is 15.2 Å². The molecule has 0 bridgehead atoms. The number of aromatic amines is 1. The van der Waals surface area contributed by atoms with Crippen molar-refractivity contribution in [3.8, 4) is 0 Å². The maximum atomic E-state index is 11.8. The smallest absolute Gasteiger partial charge is 0.263 e. The Balaban J connectivity index is 0.000000671. The van der Waals surface area contributed by atoms with E-state index in [4.69, 9.17) is 0 Å². The lowest BCUT2D eigenvalue weighted by Gasteiger charge is -1.96. The zero-order valence-electron chi connectivity index (χ0n) is 7.74. The highest BCUT2D eigenvalue weighted by molar-refractivity contribution is 4.93. The van der Waals surface area contributed by atoms with E-state index in [1.54, 1.807) is 6.92 Å². The Morgan fingerprint density at radius 2 is 1.85 bits per heavy atom. The van der Waals surface area contributed by atoms with Crippen molar-refractivity contribution in [1.29, 1.82) is 0 Å². The van der Waals surface area contributed by atoms with Crippen LogP contribution in [-0.4, -0.2) is 15.2 Å². The van der Waals surface area contributed by atoms with Gasteiger partial charge in [-0.1, -0.05) is 20.8 Å². The van der Waals surface area contributed by atoms with Gasteiger partial charge in [0.15, 0.2) is 0 Å². The summed E-state index contributed by atoms with van der Waals surface area (Å²) in [4.78, 5) is 3.21. The summed E-state index contributed by atoms with van der Waals surface area (Å²) in [5.74, 6) is -0.855.